The first-order valence-electron chi connectivity index (χ1n) is 12.8. The van der Waals surface area contributed by atoms with E-state index in [4.69, 9.17) is 4.74 Å². The molecule has 0 bridgehead atoms. The molecule has 7 nitrogen and oxygen atoms in total. The zero-order chi connectivity index (χ0) is 26.7. The van der Waals surface area contributed by atoms with Crippen LogP contribution in [0.1, 0.15) is 53.1 Å². The number of nitrogens with zero attached hydrogens (tertiary/aromatic N) is 2. The molecular formula is C28H36F2N4O3. The zero-order valence-corrected chi connectivity index (χ0v) is 21.9. The van der Waals surface area contributed by atoms with Crippen molar-refractivity contribution in [1.82, 2.24) is 19.8 Å². The Morgan fingerprint density at radius 1 is 1.19 bits per heavy atom. The minimum atomic E-state index is -0.670. The van der Waals surface area contributed by atoms with Crippen LogP contribution in [-0.2, 0) is 6.54 Å². The molecule has 0 radical (unpaired) electrons. The van der Waals surface area contributed by atoms with E-state index in [1.165, 1.54) is 7.11 Å². The molecule has 200 valence electrons. The van der Waals surface area contributed by atoms with Crippen LogP contribution in [0.15, 0.2) is 35.1 Å². The Hall–Kier alpha value is -3.20. The summed E-state index contributed by atoms with van der Waals surface area (Å²) < 4.78 is 33.9. The minimum Gasteiger partial charge on any atom is -0.496 e. The van der Waals surface area contributed by atoms with Crippen molar-refractivity contribution in [3.8, 4) is 5.75 Å². The number of likely N-dealkylation sites (tertiary alicyclic amines) is 1. The number of para-hydroxylation sites is 1. The van der Waals surface area contributed by atoms with Gasteiger partial charge in [0.05, 0.1) is 30.8 Å². The highest BCUT2D eigenvalue weighted by Crippen LogP contribution is 2.36. The Morgan fingerprint density at radius 2 is 1.86 bits per heavy atom. The third-order valence-corrected chi connectivity index (χ3v) is 7.79. The minimum absolute atomic E-state index is 0.0366. The second-order valence-electron chi connectivity index (χ2n) is 9.94. The van der Waals surface area contributed by atoms with E-state index < -0.39 is 19.4 Å². The molecule has 0 saturated carbocycles. The number of methoxy groups -OCH3 is 1. The van der Waals surface area contributed by atoms with E-state index in [1.54, 1.807) is 13.0 Å². The number of nitrogens with one attached hydrogen (secondary N) is 2. The van der Waals surface area contributed by atoms with Crippen LogP contribution in [0.3, 0.4) is 0 Å². The van der Waals surface area contributed by atoms with E-state index in [-0.39, 0.29) is 24.1 Å². The first-order valence-corrected chi connectivity index (χ1v) is 12.8. The summed E-state index contributed by atoms with van der Waals surface area (Å²) in [7, 11) is 1.50. The molecule has 4 rings (SSSR count). The number of halogens is 2. The summed E-state index contributed by atoms with van der Waals surface area (Å²) in [4.78, 5) is 30.6. The highest BCUT2D eigenvalue weighted by atomic mass is 19.1. The average molecular weight is 515 g/mol. The van der Waals surface area contributed by atoms with Gasteiger partial charge in [0, 0.05) is 28.3 Å². The molecule has 0 spiro atoms. The summed E-state index contributed by atoms with van der Waals surface area (Å²) in [6.45, 7) is 5.89. The predicted octanol–water partition coefficient (Wildman–Crippen LogP) is 4.47. The van der Waals surface area contributed by atoms with E-state index in [9.17, 15) is 18.4 Å². The number of alkyl halides is 2. The molecule has 1 aromatic carbocycles. The van der Waals surface area contributed by atoms with Gasteiger partial charge in [-0.2, -0.15) is 0 Å². The zero-order valence-electron chi connectivity index (χ0n) is 21.9. The molecule has 1 saturated heterocycles. The van der Waals surface area contributed by atoms with Crippen LogP contribution in [0.25, 0.3) is 10.9 Å². The fourth-order valence-corrected chi connectivity index (χ4v) is 5.71. The number of piperidine rings is 1. The number of benzene rings is 1. The Labute approximate surface area is 215 Å². The van der Waals surface area contributed by atoms with Gasteiger partial charge < -0.3 is 19.6 Å². The van der Waals surface area contributed by atoms with Gasteiger partial charge in [-0.15, -0.1) is 0 Å². The molecule has 2 aromatic heterocycles. The van der Waals surface area contributed by atoms with Gasteiger partial charge in [-0.1, -0.05) is 18.2 Å². The van der Waals surface area contributed by atoms with Crippen LogP contribution in [-0.4, -0.2) is 59.9 Å². The molecule has 1 fully saturated rings. The lowest BCUT2D eigenvalue weighted by molar-refractivity contribution is 0.0837. The SMILES string of the molecule is COc1cc(C)[nH]c(=O)c1CNC(=O)c1c(C)n([C@H](C)C2CCN(C(CF)CF)CC2)c2ccccc12. The maximum atomic E-state index is 13.5. The smallest absolute Gasteiger partial charge is 0.256 e. The van der Waals surface area contributed by atoms with Crippen molar-refractivity contribution in [3.05, 3.63) is 63.2 Å². The monoisotopic (exact) mass is 514 g/mol. The van der Waals surface area contributed by atoms with Gasteiger partial charge in [0.15, 0.2) is 0 Å². The first-order chi connectivity index (χ1) is 17.8. The van der Waals surface area contributed by atoms with Gasteiger partial charge in [0.1, 0.15) is 19.1 Å². The Morgan fingerprint density at radius 3 is 2.51 bits per heavy atom. The van der Waals surface area contributed by atoms with E-state index in [2.05, 4.69) is 21.8 Å². The molecule has 3 aromatic rings. The Balaban J connectivity index is 1.59. The average Bonchev–Trinajstić information content (AvgIpc) is 3.19. The van der Waals surface area contributed by atoms with Gasteiger partial charge in [0.25, 0.3) is 11.5 Å². The number of amides is 1. The van der Waals surface area contributed by atoms with Crippen LogP contribution in [0.4, 0.5) is 8.78 Å². The Kier molecular flexibility index (Phi) is 8.32. The maximum Gasteiger partial charge on any atom is 0.256 e. The number of hydrogen-bond acceptors (Lipinski definition) is 4. The molecule has 1 aliphatic heterocycles. The predicted molar refractivity (Wildman–Crippen MR) is 141 cm³/mol. The van der Waals surface area contributed by atoms with Gasteiger partial charge in [0.2, 0.25) is 0 Å². The molecule has 0 unspecified atom stereocenters. The molecule has 1 atom stereocenters. The summed E-state index contributed by atoms with van der Waals surface area (Å²) in [5.74, 6) is 0.491. The van der Waals surface area contributed by atoms with E-state index >= 15 is 0 Å². The highest BCUT2D eigenvalue weighted by molar-refractivity contribution is 6.08. The highest BCUT2D eigenvalue weighted by Gasteiger charge is 2.31. The van der Waals surface area contributed by atoms with E-state index in [1.807, 2.05) is 36.1 Å². The number of carbonyl (C=O) groups excluding carboxylic acids is 1. The summed E-state index contributed by atoms with van der Waals surface area (Å²) in [5, 5.41) is 3.76. The fraction of sp³-hybridized carbons (Fsp3) is 0.500. The lowest BCUT2D eigenvalue weighted by Crippen LogP contribution is -2.44. The first kappa shape index (κ1) is 26.9. The largest absolute Gasteiger partial charge is 0.496 e. The van der Waals surface area contributed by atoms with Crippen molar-refractivity contribution in [1.29, 1.82) is 0 Å². The summed E-state index contributed by atoms with van der Waals surface area (Å²) >= 11 is 0. The maximum absolute atomic E-state index is 13.5. The number of fused-ring (bicyclic) bond motifs is 1. The molecule has 3 heterocycles. The molecule has 0 aliphatic carbocycles. The van der Waals surface area contributed by atoms with Gasteiger partial charge in [-0.05, 0) is 64.8 Å². The second-order valence-corrected chi connectivity index (χ2v) is 9.94. The summed E-state index contributed by atoms with van der Waals surface area (Å²) in [5.41, 5.74) is 3.15. The number of aromatic amines is 1. The molecule has 1 amide bonds. The number of ether oxygens (including phenoxy) is 1. The second kappa shape index (κ2) is 11.5. The molecule has 9 heteroatoms. The van der Waals surface area contributed by atoms with Crippen LogP contribution in [0.5, 0.6) is 5.75 Å². The third-order valence-electron chi connectivity index (χ3n) is 7.79. The van der Waals surface area contributed by atoms with E-state index in [0.29, 0.717) is 41.6 Å². The Bertz CT molecular complexity index is 1310. The van der Waals surface area contributed by atoms with Crippen molar-refractivity contribution in [2.75, 3.05) is 33.5 Å². The topological polar surface area (TPSA) is 79.4 Å². The van der Waals surface area contributed by atoms with Crippen molar-refractivity contribution in [3.63, 3.8) is 0 Å². The van der Waals surface area contributed by atoms with Crippen molar-refractivity contribution in [2.24, 2.45) is 5.92 Å². The summed E-state index contributed by atoms with van der Waals surface area (Å²) in [6.07, 6.45) is 1.67. The van der Waals surface area contributed by atoms with Crippen LogP contribution >= 0.6 is 0 Å². The van der Waals surface area contributed by atoms with E-state index in [0.717, 1.165) is 29.4 Å². The third kappa shape index (κ3) is 5.28. The van der Waals surface area contributed by atoms with Crippen LogP contribution in [0.2, 0.25) is 0 Å². The lowest BCUT2D eigenvalue weighted by Gasteiger charge is -2.38. The van der Waals surface area contributed by atoms with Crippen LogP contribution in [0, 0.1) is 19.8 Å². The van der Waals surface area contributed by atoms with Gasteiger partial charge >= 0.3 is 0 Å². The van der Waals surface area contributed by atoms with Crippen molar-refractivity contribution < 1.29 is 18.3 Å². The number of rotatable bonds is 9. The number of aromatic nitrogens is 2. The molecular weight excluding hydrogens is 478 g/mol. The quantitative estimate of drug-likeness (QED) is 0.442. The summed E-state index contributed by atoms with van der Waals surface area (Å²) in [6, 6.07) is 9.00. The number of pyridine rings is 1. The van der Waals surface area contributed by atoms with Gasteiger partial charge in [-0.3, -0.25) is 14.5 Å². The number of H-pyrrole nitrogens is 1. The van der Waals surface area contributed by atoms with Gasteiger partial charge in [-0.25, -0.2) is 8.78 Å². The number of aryl methyl sites for hydroxylation is 1. The lowest BCUT2D eigenvalue weighted by atomic mass is 9.89. The molecule has 1 aliphatic rings. The number of hydrogen-bond donors (Lipinski definition) is 2. The fourth-order valence-electron chi connectivity index (χ4n) is 5.71. The normalized spacial score (nSPS) is 15.9. The molecule has 37 heavy (non-hydrogen) atoms. The standard InChI is InChI=1S/C28H36F2N4O3/c1-17-13-25(37-4)23(27(35)32-17)16-31-28(36)26-19(3)34(24-8-6-5-7-22(24)26)18(2)20-9-11-33(12-10-20)21(14-29)15-30/h5-8,13,18,20-21H,9-12,14-16H2,1-4H3,(H,31,36)(H,32,35)/t18-/m1/s1. The molecule has 2 N–H and O–H groups in total. The van der Waals surface area contributed by atoms with Crippen molar-refractivity contribution >= 4 is 16.8 Å². The number of carbonyl (C=O) groups is 1. The van der Waals surface area contributed by atoms with Crippen molar-refractivity contribution in [2.45, 2.75) is 52.2 Å². The van der Waals surface area contributed by atoms with Crippen LogP contribution < -0.4 is 15.6 Å².